The van der Waals surface area contributed by atoms with Crippen LogP contribution in [0.5, 0.6) is 0 Å². The molecular weight excluding hydrogens is 240 g/mol. The van der Waals surface area contributed by atoms with Crippen LogP contribution in [0.3, 0.4) is 0 Å². The van der Waals surface area contributed by atoms with Crippen molar-refractivity contribution in [1.29, 1.82) is 0 Å². The summed E-state index contributed by atoms with van der Waals surface area (Å²) in [7, 11) is -2.92. The summed E-state index contributed by atoms with van der Waals surface area (Å²) in [5.41, 5.74) is 0. The van der Waals surface area contributed by atoms with Crippen LogP contribution in [0.15, 0.2) is 0 Å². The van der Waals surface area contributed by atoms with Crippen molar-refractivity contribution in [3.05, 3.63) is 0 Å². The minimum absolute atomic E-state index is 0.0769. The zero-order chi connectivity index (χ0) is 12.9. The fourth-order valence-electron chi connectivity index (χ4n) is 2.12. The third-order valence-corrected chi connectivity index (χ3v) is 3.95. The molecule has 1 aliphatic heterocycles. The molecule has 1 fully saturated rings. The predicted octanol–water partition coefficient (Wildman–Crippen LogP) is 0.0216. The van der Waals surface area contributed by atoms with Crippen LogP contribution >= 0.6 is 0 Å². The normalized spacial score (nSPS) is 21.9. The highest BCUT2D eigenvalue weighted by Crippen LogP contribution is 2.12. The summed E-state index contributed by atoms with van der Waals surface area (Å²) in [5, 5.41) is 3.16. The molecule has 0 aromatic rings. The Bertz CT molecular complexity index is 352. The number of carbonyl (C=O) groups is 1. The fraction of sp³-hybridized carbons (Fsp3) is 0.909. The van der Waals surface area contributed by atoms with E-state index < -0.39 is 9.84 Å². The van der Waals surface area contributed by atoms with E-state index in [9.17, 15) is 13.2 Å². The number of piperidine rings is 1. The van der Waals surface area contributed by atoms with Crippen molar-refractivity contribution < 1.29 is 13.2 Å². The minimum Gasteiger partial charge on any atom is -0.341 e. The molecule has 1 rings (SSSR count). The summed E-state index contributed by atoms with van der Waals surface area (Å²) in [5.74, 6) is 0.273. The van der Waals surface area contributed by atoms with Crippen LogP contribution in [-0.2, 0) is 14.6 Å². The highest BCUT2D eigenvalue weighted by molar-refractivity contribution is 7.90. The Morgan fingerprint density at radius 2 is 2.18 bits per heavy atom. The van der Waals surface area contributed by atoms with Crippen molar-refractivity contribution in [3.8, 4) is 0 Å². The molecule has 1 N–H and O–H groups in total. The lowest BCUT2D eigenvalue weighted by molar-refractivity contribution is -0.135. The monoisotopic (exact) mass is 262 g/mol. The van der Waals surface area contributed by atoms with E-state index in [0.717, 1.165) is 25.9 Å². The van der Waals surface area contributed by atoms with Gasteiger partial charge in [-0.05, 0) is 25.8 Å². The van der Waals surface area contributed by atoms with Gasteiger partial charge in [-0.2, -0.15) is 0 Å². The lowest BCUT2D eigenvalue weighted by Crippen LogP contribution is -2.50. The molecule has 1 unspecified atom stereocenters. The first kappa shape index (κ1) is 14.4. The highest BCUT2D eigenvalue weighted by Gasteiger charge is 2.27. The number of hydrogen-bond donors (Lipinski definition) is 1. The topological polar surface area (TPSA) is 66.5 Å². The average Bonchev–Trinajstić information content (AvgIpc) is 2.22. The molecule has 1 atom stereocenters. The molecule has 0 aromatic heterocycles. The van der Waals surface area contributed by atoms with Crippen molar-refractivity contribution in [2.45, 2.75) is 32.2 Å². The van der Waals surface area contributed by atoms with Gasteiger partial charge in [0.2, 0.25) is 5.91 Å². The molecule has 100 valence electrons. The van der Waals surface area contributed by atoms with Gasteiger partial charge in [0, 0.05) is 19.3 Å². The number of amides is 1. The summed E-state index contributed by atoms with van der Waals surface area (Å²) >= 11 is 0. The van der Waals surface area contributed by atoms with Gasteiger partial charge in [0.15, 0.2) is 0 Å². The third kappa shape index (κ3) is 5.04. The molecule has 0 saturated carbocycles. The number of nitrogens with zero attached hydrogens (tertiary/aromatic N) is 1. The molecule has 0 radical (unpaired) electrons. The van der Waals surface area contributed by atoms with Gasteiger partial charge in [-0.3, -0.25) is 4.79 Å². The van der Waals surface area contributed by atoms with Crippen LogP contribution in [0.25, 0.3) is 0 Å². The number of sulfone groups is 1. The maximum absolute atomic E-state index is 12.0. The second-order valence-electron chi connectivity index (χ2n) is 4.56. The molecule has 1 heterocycles. The van der Waals surface area contributed by atoms with E-state index in [2.05, 4.69) is 5.32 Å². The quantitative estimate of drug-likeness (QED) is 0.733. The fourth-order valence-corrected chi connectivity index (χ4v) is 2.77. The zero-order valence-corrected chi connectivity index (χ0v) is 11.4. The van der Waals surface area contributed by atoms with Crippen molar-refractivity contribution in [2.75, 3.05) is 31.6 Å². The Morgan fingerprint density at radius 1 is 1.47 bits per heavy atom. The molecule has 6 heteroatoms. The average molecular weight is 262 g/mol. The Kier molecular flexibility index (Phi) is 5.39. The van der Waals surface area contributed by atoms with Gasteiger partial charge in [0.25, 0.3) is 0 Å². The first-order valence-electron chi connectivity index (χ1n) is 6.14. The Morgan fingerprint density at radius 3 is 2.76 bits per heavy atom. The Labute approximate surface area is 103 Å². The van der Waals surface area contributed by atoms with Gasteiger partial charge < -0.3 is 10.2 Å². The van der Waals surface area contributed by atoms with E-state index in [-0.39, 0.29) is 17.7 Å². The summed E-state index contributed by atoms with van der Waals surface area (Å²) in [6.45, 7) is 4.07. The summed E-state index contributed by atoms with van der Waals surface area (Å²) in [6, 6.07) is -0.0769. The smallest absolute Gasteiger partial charge is 0.239 e. The van der Waals surface area contributed by atoms with Crippen LogP contribution in [0.4, 0.5) is 0 Å². The molecule has 1 amide bonds. The van der Waals surface area contributed by atoms with Crippen molar-refractivity contribution >= 4 is 15.7 Å². The predicted molar refractivity (Wildman–Crippen MR) is 67.6 cm³/mol. The van der Waals surface area contributed by atoms with E-state index in [0.29, 0.717) is 13.0 Å². The van der Waals surface area contributed by atoms with Crippen LogP contribution in [0.2, 0.25) is 0 Å². The van der Waals surface area contributed by atoms with Gasteiger partial charge in [-0.15, -0.1) is 0 Å². The first-order chi connectivity index (χ1) is 7.94. The molecule has 1 saturated heterocycles. The number of hydrogen-bond acceptors (Lipinski definition) is 4. The Hall–Kier alpha value is -0.620. The second-order valence-corrected chi connectivity index (χ2v) is 6.82. The highest BCUT2D eigenvalue weighted by atomic mass is 32.2. The summed E-state index contributed by atoms with van der Waals surface area (Å²) in [6.07, 6.45) is 3.63. The van der Waals surface area contributed by atoms with E-state index in [1.165, 1.54) is 6.26 Å². The van der Waals surface area contributed by atoms with Gasteiger partial charge in [0.1, 0.15) is 9.84 Å². The standard InChI is InChI=1S/C11H22N2O3S/c1-3-12-10-6-4-7-13(11(10)14)8-5-9-17(2,15)16/h10,12H,3-9H2,1-2H3. The maximum Gasteiger partial charge on any atom is 0.239 e. The van der Waals surface area contributed by atoms with Crippen LogP contribution in [-0.4, -0.2) is 56.9 Å². The number of carbonyl (C=O) groups excluding carboxylic acids is 1. The zero-order valence-electron chi connectivity index (χ0n) is 10.6. The lowest BCUT2D eigenvalue weighted by Gasteiger charge is -2.32. The van der Waals surface area contributed by atoms with Gasteiger partial charge >= 0.3 is 0 Å². The molecule has 5 nitrogen and oxygen atoms in total. The van der Waals surface area contributed by atoms with Gasteiger partial charge in [0.05, 0.1) is 11.8 Å². The summed E-state index contributed by atoms with van der Waals surface area (Å²) < 4.78 is 22.0. The molecule has 1 aliphatic rings. The largest absolute Gasteiger partial charge is 0.341 e. The number of likely N-dealkylation sites (N-methyl/N-ethyl adjacent to an activating group) is 1. The number of rotatable bonds is 6. The molecule has 0 aliphatic carbocycles. The van der Waals surface area contributed by atoms with Crippen LogP contribution in [0.1, 0.15) is 26.2 Å². The van der Waals surface area contributed by atoms with Crippen molar-refractivity contribution in [2.24, 2.45) is 0 Å². The number of likely N-dealkylation sites (tertiary alicyclic amines) is 1. The molecule has 0 aromatic carbocycles. The van der Waals surface area contributed by atoms with Crippen LogP contribution < -0.4 is 5.32 Å². The minimum atomic E-state index is -2.92. The van der Waals surface area contributed by atoms with Gasteiger partial charge in [-0.1, -0.05) is 6.92 Å². The second kappa shape index (κ2) is 6.35. The van der Waals surface area contributed by atoms with Crippen molar-refractivity contribution in [3.63, 3.8) is 0 Å². The molecule has 0 spiro atoms. The van der Waals surface area contributed by atoms with E-state index in [4.69, 9.17) is 0 Å². The van der Waals surface area contributed by atoms with E-state index >= 15 is 0 Å². The number of nitrogens with one attached hydrogen (secondary N) is 1. The Balaban J connectivity index is 2.40. The molecular formula is C11H22N2O3S. The van der Waals surface area contributed by atoms with Crippen molar-refractivity contribution in [1.82, 2.24) is 10.2 Å². The molecule has 17 heavy (non-hydrogen) atoms. The lowest BCUT2D eigenvalue weighted by atomic mass is 10.0. The third-order valence-electron chi connectivity index (χ3n) is 2.92. The van der Waals surface area contributed by atoms with E-state index in [1.54, 1.807) is 4.90 Å². The van der Waals surface area contributed by atoms with Gasteiger partial charge in [-0.25, -0.2) is 8.42 Å². The molecule has 0 bridgehead atoms. The summed E-state index contributed by atoms with van der Waals surface area (Å²) in [4.78, 5) is 13.8. The maximum atomic E-state index is 12.0. The van der Waals surface area contributed by atoms with Crippen LogP contribution in [0, 0.1) is 0 Å². The first-order valence-corrected chi connectivity index (χ1v) is 8.20. The van der Waals surface area contributed by atoms with E-state index in [1.807, 2.05) is 6.92 Å². The SMILES string of the molecule is CCNC1CCCN(CCCS(C)(=O)=O)C1=O.